The van der Waals surface area contributed by atoms with Crippen LogP contribution in [0, 0.1) is 11.8 Å². The quantitative estimate of drug-likeness (QED) is 0.593. The first-order chi connectivity index (χ1) is 8.00. The fraction of sp³-hybridized carbons (Fsp3) is 0.833. The van der Waals surface area contributed by atoms with E-state index in [-0.39, 0.29) is 11.9 Å². The summed E-state index contributed by atoms with van der Waals surface area (Å²) in [5.41, 5.74) is 0. The predicted molar refractivity (Wildman–Crippen MR) is 64.8 cm³/mol. The summed E-state index contributed by atoms with van der Waals surface area (Å²) in [6.07, 6.45) is 4.77. The zero-order valence-corrected chi connectivity index (χ0v) is 10.5. The lowest BCUT2D eigenvalue weighted by Crippen LogP contribution is -2.48. The number of carboxylic acids is 1. The van der Waals surface area contributed by atoms with E-state index < -0.39 is 12.0 Å². The van der Waals surface area contributed by atoms with E-state index in [1.165, 1.54) is 12.8 Å². The number of urea groups is 1. The number of rotatable bonds is 7. The first kappa shape index (κ1) is 13.8. The summed E-state index contributed by atoms with van der Waals surface area (Å²) in [4.78, 5) is 22.3. The Morgan fingerprint density at radius 3 is 2.47 bits per heavy atom. The standard InChI is InChI=1S/C12H22N2O3/c1-8(2)10(11(15)16)14-12(17)13-7-3-4-9-5-6-9/h8-10H,3-7H2,1-2H3,(H,15,16)(H2,13,14,17)/t10-/m0/s1. The van der Waals surface area contributed by atoms with Crippen molar-refractivity contribution in [3.63, 3.8) is 0 Å². The van der Waals surface area contributed by atoms with Gasteiger partial charge in [0.1, 0.15) is 6.04 Å². The Hall–Kier alpha value is -1.26. The van der Waals surface area contributed by atoms with E-state index in [2.05, 4.69) is 10.6 Å². The molecule has 5 heteroatoms. The van der Waals surface area contributed by atoms with Crippen molar-refractivity contribution < 1.29 is 14.7 Å². The number of hydrogen-bond donors (Lipinski definition) is 3. The largest absolute Gasteiger partial charge is 0.480 e. The van der Waals surface area contributed by atoms with E-state index in [1.807, 2.05) is 0 Å². The molecule has 3 N–H and O–H groups in total. The van der Waals surface area contributed by atoms with Crippen LogP contribution in [-0.4, -0.2) is 29.7 Å². The highest BCUT2D eigenvalue weighted by Crippen LogP contribution is 2.33. The highest BCUT2D eigenvalue weighted by molar-refractivity contribution is 5.82. The summed E-state index contributed by atoms with van der Waals surface area (Å²) in [5, 5.41) is 14.1. The summed E-state index contributed by atoms with van der Waals surface area (Å²) in [6, 6.07) is -1.21. The molecular weight excluding hydrogens is 220 g/mol. The molecule has 0 aliphatic heterocycles. The molecule has 1 rings (SSSR count). The third-order valence-electron chi connectivity index (χ3n) is 2.99. The lowest BCUT2D eigenvalue weighted by atomic mass is 10.1. The molecule has 0 aromatic heterocycles. The lowest BCUT2D eigenvalue weighted by molar-refractivity contribution is -0.140. The summed E-state index contributed by atoms with van der Waals surface area (Å²) in [5.74, 6) is -0.250. The van der Waals surface area contributed by atoms with Crippen molar-refractivity contribution >= 4 is 12.0 Å². The van der Waals surface area contributed by atoms with Crippen molar-refractivity contribution in [3.8, 4) is 0 Å². The third-order valence-corrected chi connectivity index (χ3v) is 2.99. The Morgan fingerprint density at radius 2 is 2.00 bits per heavy atom. The molecule has 1 fully saturated rings. The number of aliphatic carboxylic acids is 1. The van der Waals surface area contributed by atoms with E-state index in [9.17, 15) is 9.59 Å². The normalized spacial score (nSPS) is 16.6. The molecule has 0 bridgehead atoms. The maximum Gasteiger partial charge on any atom is 0.326 e. The molecule has 0 radical (unpaired) electrons. The molecule has 0 spiro atoms. The van der Waals surface area contributed by atoms with E-state index in [0.717, 1.165) is 18.8 Å². The van der Waals surface area contributed by atoms with Crippen LogP contribution < -0.4 is 10.6 Å². The van der Waals surface area contributed by atoms with Crippen molar-refractivity contribution in [2.24, 2.45) is 11.8 Å². The van der Waals surface area contributed by atoms with Gasteiger partial charge in [0.15, 0.2) is 0 Å². The van der Waals surface area contributed by atoms with Gasteiger partial charge in [-0.1, -0.05) is 26.7 Å². The molecule has 0 aromatic carbocycles. The van der Waals surface area contributed by atoms with Crippen LogP contribution in [0.15, 0.2) is 0 Å². The Morgan fingerprint density at radius 1 is 1.35 bits per heavy atom. The van der Waals surface area contributed by atoms with E-state index in [1.54, 1.807) is 13.8 Å². The van der Waals surface area contributed by atoms with Crippen molar-refractivity contribution in [1.29, 1.82) is 0 Å². The highest BCUT2D eigenvalue weighted by Gasteiger charge is 2.23. The molecule has 0 heterocycles. The van der Waals surface area contributed by atoms with Gasteiger partial charge in [0.2, 0.25) is 0 Å². The Bertz CT molecular complexity index is 275. The minimum atomic E-state index is -0.992. The molecule has 0 saturated heterocycles. The van der Waals surface area contributed by atoms with Crippen molar-refractivity contribution in [2.75, 3.05) is 6.54 Å². The molecule has 0 aromatic rings. The number of amides is 2. The van der Waals surface area contributed by atoms with Gasteiger partial charge in [0.05, 0.1) is 0 Å². The fourth-order valence-corrected chi connectivity index (χ4v) is 1.71. The van der Waals surface area contributed by atoms with Crippen LogP contribution in [0.25, 0.3) is 0 Å². The smallest absolute Gasteiger partial charge is 0.326 e. The third kappa shape index (κ3) is 5.56. The summed E-state index contributed by atoms with van der Waals surface area (Å²) in [6.45, 7) is 4.16. The van der Waals surface area contributed by atoms with Crippen LogP contribution in [0.2, 0.25) is 0 Å². The minimum absolute atomic E-state index is 0.121. The van der Waals surface area contributed by atoms with Crippen LogP contribution in [0.5, 0.6) is 0 Å². The molecule has 5 nitrogen and oxygen atoms in total. The summed E-state index contributed by atoms with van der Waals surface area (Å²) in [7, 11) is 0. The van der Waals surface area contributed by atoms with Gasteiger partial charge < -0.3 is 15.7 Å². The number of carboxylic acid groups (broad SMARTS) is 1. The van der Waals surface area contributed by atoms with Crippen LogP contribution in [0.3, 0.4) is 0 Å². The number of hydrogen-bond acceptors (Lipinski definition) is 2. The predicted octanol–water partition coefficient (Wildman–Crippen LogP) is 1.58. The van der Waals surface area contributed by atoms with Gasteiger partial charge >= 0.3 is 12.0 Å². The average Bonchev–Trinajstić information content (AvgIpc) is 3.04. The maximum atomic E-state index is 11.4. The maximum absolute atomic E-state index is 11.4. The molecule has 98 valence electrons. The highest BCUT2D eigenvalue weighted by atomic mass is 16.4. The second-order valence-corrected chi connectivity index (χ2v) is 5.05. The average molecular weight is 242 g/mol. The van der Waals surface area contributed by atoms with Crippen molar-refractivity contribution in [3.05, 3.63) is 0 Å². The van der Waals surface area contributed by atoms with Gasteiger partial charge in [0, 0.05) is 6.54 Å². The number of carbonyl (C=O) groups is 2. The second kappa shape index (κ2) is 6.47. The Kier molecular flexibility index (Phi) is 5.25. The Labute approximate surface area is 102 Å². The monoisotopic (exact) mass is 242 g/mol. The molecule has 0 unspecified atom stereocenters. The molecule has 1 atom stereocenters. The number of carbonyl (C=O) groups excluding carboxylic acids is 1. The van der Waals surface area contributed by atoms with E-state index in [0.29, 0.717) is 6.54 Å². The van der Waals surface area contributed by atoms with Gasteiger partial charge in [0.25, 0.3) is 0 Å². The van der Waals surface area contributed by atoms with Crippen molar-refractivity contribution in [1.82, 2.24) is 10.6 Å². The summed E-state index contributed by atoms with van der Waals surface area (Å²) >= 11 is 0. The van der Waals surface area contributed by atoms with Crippen LogP contribution in [0.4, 0.5) is 4.79 Å². The summed E-state index contributed by atoms with van der Waals surface area (Å²) < 4.78 is 0. The Balaban J connectivity index is 2.14. The van der Waals surface area contributed by atoms with E-state index >= 15 is 0 Å². The topological polar surface area (TPSA) is 78.4 Å². The lowest BCUT2D eigenvalue weighted by Gasteiger charge is -2.18. The van der Waals surface area contributed by atoms with Gasteiger partial charge in [-0.05, 0) is 24.7 Å². The fourth-order valence-electron chi connectivity index (χ4n) is 1.71. The molecule has 1 aliphatic carbocycles. The SMILES string of the molecule is CC(C)[C@H](NC(=O)NCCCC1CC1)C(=O)O. The molecule has 1 aliphatic rings. The second-order valence-electron chi connectivity index (χ2n) is 5.05. The minimum Gasteiger partial charge on any atom is -0.480 e. The zero-order chi connectivity index (χ0) is 12.8. The van der Waals surface area contributed by atoms with Gasteiger partial charge in [-0.3, -0.25) is 0 Å². The van der Waals surface area contributed by atoms with Gasteiger partial charge in [-0.15, -0.1) is 0 Å². The molecular formula is C12H22N2O3. The van der Waals surface area contributed by atoms with E-state index in [4.69, 9.17) is 5.11 Å². The first-order valence-electron chi connectivity index (χ1n) is 6.28. The first-order valence-corrected chi connectivity index (χ1v) is 6.28. The zero-order valence-electron chi connectivity index (χ0n) is 10.5. The van der Waals surface area contributed by atoms with Gasteiger partial charge in [-0.2, -0.15) is 0 Å². The number of nitrogens with one attached hydrogen (secondary N) is 2. The van der Waals surface area contributed by atoms with Crippen molar-refractivity contribution in [2.45, 2.75) is 45.6 Å². The van der Waals surface area contributed by atoms with Gasteiger partial charge in [-0.25, -0.2) is 9.59 Å². The molecule has 1 saturated carbocycles. The van der Waals surface area contributed by atoms with Crippen LogP contribution >= 0.6 is 0 Å². The van der Waals surface area contributed by atoms with Crippen LogP contribution in [0.1, 0.15) is 39.5 Å². The molecule has 17 heavy (non-hydrogen) atoms. The molecule has 2 amide bonds. The van der Waals surface area contributed by atoms with Crippen LogP contribution in [-0.2, 0) is 4.79 Å².